The molecule has 37 heavy (non-hydrogen) atoms. The van der Waals surface area contributed by atoms with Crippen molar-refractivity contribution in [2.24, 2.45) is 5.92 Å². The Morgan fingerprint density at radius 2 is 1.62 bits per heavy atom. The van der Waals surface area contributed by atoms with Crippen molar-refractivity contribution in [3.63, 3.8) is 0 Å². The summed E-state index contributed by atoms with van der Waals surface area (Å²) >= 11 is 0. The second-order valence-electron chi connectivity index (χ2n) is 9.17. The zero-order chi connectivity index (χ0) is 27.6. The summed E-state index contributed by atoms with van der Waals surface area (Å²) in [6.07, 6.45) is 7.08. The van der Waals surface area contributed by atoms with Gasteiger partial charge in [-0.25, -0.2) is 0 Å². The van der Waals surface area contributed by atoms with Gasteiger partial charge in [-0.2, -0.15) is 0 Å². The molecule has 3 N–H and O–H groups in total. The lowest BCUT2D eigenvalue weighted by Crippen LogP contribution is -2.32. The number of amides is 1. The van der Waals surface area contributed by atoms with Crippen LogP contribution in [0.5, 0.6) is 0 Å². The van der Waals surface area contributed by atoms with Crippen molar-refractivity contribution in [2.75, 3.05) is 31.6 Å². The fourth-order valence-corrected chi connectivity index (χ4v) is 3.77. The smallest absolute Gasteiger partial charge is 0.253 e. The van der Waals surface area contributed by atoms with E-state index in [0.29, 0.717) is 12.8 Å². The van der Waals surface area contributed by atoms with E-state index in [4.69, 9.17) is 10.5 Å². The molecule has 0 spiro atoms. The van der Waals surface area contributed by atoms with E-state index in [9.17, 15) is 9.59 Å². The van der Waals surface area contributed by atoms with Crippen LogP contribution in [0.25, 0.3) is 11.1 Å². The lowest BCUT2D eigenvalue weighted by Gasteiger charge is -2.21. The molecule has 204 valence electrons. The van der Waals surface area contributed by atoms with Crippen LogP contribution in [0.4, 0.5) is 5.69 Å². The fourth-order valence-electron chi connectivity index (χ4n) is 3.77. The molecule has 0 aliphatic heterocycles. The zero-order valence-electron chi connectivity index (χ0n) is 23.5. The highest BCUT2D eigenvalue weighted by Crippen LogP contribution is 2.30. The van der Waals surface area contributed by atoms with Gasteiger partial charge in [-0.3, -0.25) is 4.79 Å². The highest BCUT2D eigenvalue weighted by Gasteiger charge is 2.21. The highest BCUT2D eigenvalue weighted by atomic mass is 16.3. The Labute approximate surface area is 224 Å². The van der Waals surface area contributed by atoms with Gasteiger partial charge < -0.3 is 25.5 Å². The average Bonchev–Trinajstić information content (AvgIpc) is 3.76. The van der Waals surface area contributed by atoms with E-state index in [-0.39, 0.29) is 18.3 Å². The van der Waals surface area contributed by atoms with E-state index in [2.05, 4.69) is 31.3 Å². The van der Waals surface area contributed by atoms with E-state index in [1.54, 1.807) is 0 Å². The topological polar surface area (TPSA) is 93.5 Å². The minimum atomic E-state index is 0.107. The van der Waals surface area contributed by atoms with E-state index < -0.39 is 0 Å². The number of carbonyl (C=O) groups is 2. The van der Waals surface area contributed by atoms with E-state index in [1.807, 2.05) is 49.1 Å². The van der Waals surface area contributed by atoms with Gasteiger partial charge in [0.15, 0.2) is 0 Å². The Morgan fingerprint density at radius 1 is 1.03 bits per heavy atom. The lowest BCUT2D eigenvalue weighted by molar-refractivity contribution is -0.117. The number of nitrogens with zero attached hydrogens (tertiary/aromatic N) is 1. The summed E-state index contributed by atoms with van der Waals surface area (Å²) in [5.41, 5.74) is 4.78. The molecule has 0 saturated heterocycles. The summed E-state index contributed by atoms with van der Waals surface area (Å²) in [4.78, 5) is 24.8. The second-order valence-corrected chi connectivity index (χ2v) is 9.17. The van der Waals surface area contributed by atoms with Crippen LogP contribution in [0.1, 0.15) is 89.1 Å². The van der Waals surface area contributed by atoms with Crippen LogP contribution < -0.4 is 5.32 Å². The first-order valence-corrected chi connectivity index (χ1v) is 13.8. The fraction of sp³-hybridized carbons (Fsp3) is 0.516. The average molecular weight is 510 g/mol. The van der Waals surface area contributed by atoms with E-state index in [1.165, 1.54) is 26.0 Å². The molecule has 3 rings (SSSR count). The SMILES string of the molecule is CC.CC(=O)CCCO.CCCN(CCC)C(=O)c1ccc(-c2ccc(NCC3CC3)c(C=N)c2)cc1. The third-order valence-corrected chi connectivity index (χ3v) is 5.91. The molecule has 0 aromatic heterocycles. The van der Waals surface area contributed by atoms with Crippen molar-refractivity contribution < 1.29 is 14.7 Å². The summed E-state index contributed by atoms with van der Waals surface area (Å²) < 4.78 is 0. The number of aliphatic hydroxyl groups is 1. The van der Waals surface area contributed by atoms with Gasteiger partial charge in [0.05, 0.1) is 0 Å². The second kappa shape index (κ2) is 18.3. The lowest BCUT2D eigenvalue weighted by atomic mass is 10.0. The molecule has 2 aromatic rings. The number of benzene rings is 2. The van der Waals surface area contributed by atoms with Crippen molar-refractivity contribution in [3.05, 3.63) is 53.6 Å². The molecule has 6 nitrogen and oxygen atoms in total. The van der Waals surface area contributed by atoms with Crippen LogP contribution >= 0.6 is 0 Å². The maximum atomic E-state index is 12.7. The number of nitrogens with one attached hydrogen (secondary N) is 2. The summed E-state index contributed by atoms with van der Waals surface area (Å²) in [5.74, 6) is 1.05. The Hall–Kier alpha value is -2.99. The Bertz CT molecular complexity index is 947. The van der Waals surface area contributed by atoms with E-state index >= 15 is 0 Å². The van der Waals surface area contributed by atoms with Crippen molar-refractivity contribution in [1.29, 1.82) is 5.41 Å². The third kappa shape index (κ3) is 11.7. The molecule has 1 aliphatic carbocycles. The van der Waals surface area contributed by atoms with Gasteiger partial charge in [0.25, 0.3) is 5.91 Å². The molecule has 2 aromatic carbocycles. The van der Waals surface area contributed by atoms with Crippen LogP contribution in [-0.2, 0) is 4.79 Å². The number of Topliss-reactive ketones (excluding diaryl/α,β-unsaturated/α-hetero) is 1. The summed E-state index contributed by atoms with van der Waals surface area (Å²) in [6.45, 7) is 12.4. The van der Waals surface area contributed by atoms with Gasteiger partial charge in [0.2, 0.25) is 0 Å². The molecule has 0 radical (unpaired) electrons. The molecule has 1 fully saturated rings. The Morgan fingerprint density at radius 3 is 2.08 bits per heavy atom. The summed E-state index contributed by atoms with van der Waals surface area (Å²) in [6, 6.07) is 14.0. The molecule has 1 aliphatic rings. The molecule has 6 heteroatoms. The monoisotopic (exact) mass is 509 g/mol. The van der Waals surface area contributed by atoms with Crippen LogP contribution in [-0.4, -0.2) is 54.2 Å². The van der Waals surface area contributed by atoms with Crippen LogP contribution in [0, 0.1) is 11.3 Å². The third-order valence-electron chi connectivity index (χ3n) is 5.91. The number of ketones is 1. The molecule has 0 unspecified atom stereocenters. The molecule has 0 atom stereocenters. The van der Waals surface area contributed by atoms with E-state index in [0.717, 1.165) is 66.3 Å². The molecule has 1 amide bonds. The van der Waals surface area contributed by atoms with Crippen LogP contribution in [0.3, 0.4) is 0 Å². The van der Waals surface area contributed by atoms with Crippen LogP contribution in [0.2, 0.25) is 0 Å². The van der Waals surface area contributed by atoms with Gasteiger partial charge in [0.1, 0.15) is 5.78 Å². The first-order chi connectivity index (χ1) is 17.9. The van der Waals surface area contributed by atoms with Crippen molar-refractivity contribution in [3.8, 4) is 11.1 Å². The van der Waals surface area contributed by atoms with Crippen molar-refractivity contribution >= 4 is 23.6 Å². The number of rotatable bonds is 13. The number of carbonyl (C=O) groups excluding carboxylic acids is 2. The predicted molar refractivity (Wildman–Crippen MR) is 156 cm³/mol. The standard InChI is InChI=1S/C24H31N3O.C5H10O2.C2H6/c1-3-13-27(14-4-2)24(28)20-9-7-19(8-10-20)21-11-12-23(22(15-21)16-25)26-17-18-5-6-18;1-5(7)3-2-4-6;1-2/h7-12,15-16,18,25-26H,3-6,13-14,17H2,1-2H3;6H,2-4H2,1H3;1-2H3. The Kier molecular flexibility index (Phi) is 15.8. The first-order valence-electron chi connectivity index (χ1n) is 13.8. The minimum Gasteiger partial charge on any atom is -0.396 e. The quantitative estimate of drug-likeness (QED) is 0.259. The molecule has 0 heterocycles. The molecule has 0 bridgehead atoms. The zero-order valence-corrected chi connectivity index (χ0v) is 23.5. The van der Waals surface area contributed by atoms with Crippen molar-refractivity contribution in [1.82, 2.24) is 4.90 Å². The maximum absolute atomic E-state index is 12.7. The highest BCUT2D eigenvalue weighted by molar-refractivity contribution is 5.95. The summed E-state index contributed by atoms with van der Waals surface area (Å²) in [7, 11) is 0. The van der Waals surface area contributed by atoms with Gasteiger partial charge in [-0.1, -0.05) is 45.9 Å². The normalized spacial score (nSPS) is 11.8. The number of hydrogen-bond donors (Lipinski definition) is 3. The molecular formula is C31H47N3O3. The maximum Gasteiger partial charge on any atom is 0.253 e. The minimum absolute atomic E-state index is 0.107. The first kappa shape index (κ1) is 32.0. The number of hydrogen-bond acceptors (Lipinski definition) is 5. The van der Waals surface area contributed by atoms with Gasteiger partial charge in [0, 0.05) is 55.7 Å². The Balaban J connectivity index is 0.000000659. The molecular weight excluding hydrogens is 462 g/mol. The predicted octanol–water partition coefficient (Wildman–Crippen LogP) is 6.81. The number of anilines is 1. The molecule has 1 saturated carbocycles. The van der Waals surface area contributed by atoms with Crippen LogP contribution in [0.15, 0.2) is 42.5 Å². The van der Waals surface area contributed by atoms with Gasteiger partial charge >= 0.3 is 0 Å². The van der Waals surface area contributed by atoms with Crippen molar-refractivity contribution in [2.45, 2.75) is 73.1 Å². The summed E-state index contributed by atoms with van der Waals surface area (Å²) in [5, 5.41) is 19.4. The van der Waals surface area contributed by atoms with Gasteiger partial charge in [-0.15, -0.1) is 0 Å². The largest absolute Gasteiger partial charge is 0.396 e. The van der Waals surface area contributed by atoms with Gasteiger partial charge in [-0.05, 0) is 80.3 Å². The number of aliphatic hydroxyl groups excluding tert-OH is 1.